The number of aromatic hydroxyl groups is 2. The van der Waals surface area contributed by atoms with Crippen LogP contribution < -0.4 is 0 Å². The van der Waals surface area contributed by atoms with E-state index in [1.165, 1.54) is 6.07 Å². The number of phenolic OH excluding ortho intramolecular Hbond substituents is 2. The molecule has 1 aromatic heterocycles. The predicted molar refractivity (Wildman–Crippen MR) is 57.8 cm³/mol. The number of hydrogen-bond donors (Lipinski definition) is 2. The Balaban J connectivity index is 2.58. The quantitative estimate of drug-likeness (QED) is 0.752. The van der Waals surface area contributed by atoms with Gasteiger partial charge in [-0.2, -0.15) is 0 Å². The molecule has 0 bridgehead atoms. The van der Waals surface area contributed by atoms with Crippen LogP contribution in [0.3, 0.4) is 0 Å². The van der Waals surface area contributed by atoms with Gasteiger partial charge in [0.15, 0.2) is 0 Å². The first-order valence-electron chi connectivity index (χ1n) is 4.25. The Morgan fingerprint density at radius 1 is 1.14 bits per heavy atom. The number of thiophene rings is 1. The standard InChI is InChI=1S/C11H10O2S/c1-7-4-5-14-11(7)9-3-2-8(12)6-10(9)13/h2-6,12-13H,1H3. The van der Waals surface area contributed by atoms with Crippen molar-refractivity contribution < 1.29 is 10.2 Å². The summed E-state index contributed by atoms with van der Waals surface area (Å²) < 4.78 is 0. The average Bonchev–Trinajstić information content (AvgIpc) is 2.52. The van der Waals surface area contributed by atoms with E-state index in [1.54, 1.807) is 23.5 Å². The monoisotopic (exact) mass is 206 g/mol. The largest absolute Gasteiger partial charge is 0.508 e. The van der Waals surface area contributed by atoms with E-state index >= 15 is 0 Å². The van der Waals surface area contributed by atoms with Crippen LogP contribution in [0.25, 0.3) is 10.4 Å². The van der Waals surface area contributed by atoms with Crippen molar-refractivity contribution in [2.45, 2.75) is 6.92 Å². The molecule has 2 N–H and O–H groups in total. The number of rotatable bonds is 1. The van der Waals surface area contributed by atoms with Crippen molar-refractivity contribution in [3.8, 4) is 21.9 Å². The zero-order valence-corrected chi connectivity index (χ0v) is 8.51. The van der Waals surface area contributed by atoms with Gasteiger partial charge in [-0.05, 0) is 36.1 Å². The van der Waals surface area contributed by atoms with E-state index in [4.69, 9.17) is 5.11 Å². The van der Waals surface area contributed by atoms with E-state index in [2.05, 4.69) is 0 Å². The number of hydrogen-bond acceptors (Lipinski definition) is 3. The number of aryl methyl sites for hydroxylation is 1. The first-order chi connectivity index (χ1) is 6.68. The topological polar surface area (TPSA) is 40.5 Å². The normalized spacial score (nSPS) is 10.4. The van der Waals surface area contributed by atoms with E-state index in [9.17, 15) is 5.11 Å². The summed E-state index contributed by atoms with van der Waals surface area (Å²) in [6, 6.07) is 6.67. The van der Waals surface area contributed by atoms with Gasteiger partial charge < -0.3 is 10.2 Å². The molecule has 0 atom stereocenters. The second kappa shape index (κ2) is 3.35. The molecule has 0 aliphatic rings. The molecular weight excluding hydrogens is 196 g/mol. The summed E-state index contributed by atoms with van der Waals surface area (Å²) in [4.78, 5) is 1.04. The van der Waals surface area contributed by atoms with Gasteiger partial charge in [0.25, 0.3) is 0 Å². The molecular formula is C11H10O2S. The second-order valence-corrected chi connectivity index (χ2v) is 4.05. The predicted octanol–water partition coefficient (Wildman–Crippen LogP) is 3.13. The van der Waals surface area contributed by atoms with Gasteiger partial charge in [0.1, 0.15) is 11.5 Å². The van der Waals surface area contributed by atoms with Crippen molar-refractivity contribution in [1.82, 2.24) is 0 Å². The van der Waals surface area contributed by atoms with Gasteiger partial charge in [-0.1, -0.05) is 0 Å². The van der Waals surface area contributed by atoms with Gasteiger partial charge in [-0.3, -0.25) is 0 Å². The van der Waals surface area contributed by atoms with Crippen molar-refractivity contribution in [3.05, 3.63) is 35.2 Å². The third-order valence-electron chi connectivity index (χ3n) is 2.09. The fraction of sp³-hybridized carbons (Fsp3) is 0.0909. The third kappa shape index (κ3) is 1.46. The number of benzene rings is 1. The van der Waals surface area contributed by atoms with Crippen molar-refractivity contribution in [3.63, 3.8) is 0 Å². The molecule has 0 fully saturated rings. The lowest BCUT2D eigenvalue weighted by Gasteiger charge is -2.03. The minimum absolute atomic E-state index is 0.0838. The molecule has 2 rings (SSSR count). The molecule has 14 heavy (non-hydrogen) atoms. The van der Waals surface area contributed by atoms with Gasteiger partial charge in [-0.25, -0.2) is 0 Å². The highest BCUT2D eigenvalue weighted by atomic mass is 32.1. The fourth-order valence-electron chi connectivity index (χ4n) is 1.36. The highest BCUT2D eigenvalue weighted by Gasteiger charge is 2.08. The first-order valence-corrected chi connectivity index (χ1v) is 5.13. The van der Waals surface area contributed by atoms with E-state index in [1.807, 2.05) is 18.4 Å². The third-order valence-corrected chi connectivity index (χ3v) is 3.14. The van der Waals surface area contributed by atoms with Crippen LogP contribution >= 0.6 is 11.3 Å². The Hall–Kier alpha value is -1.48. The maximum atomic E-state index is 9.63. The van der Waals surface area contributed by atoms with E-state index in [0.717, 1.165) is 16.0 Å². The van der Waals surface area contributed by atoms with E-state index in [-0.39, 0.29) is 11.5 Å². The van der Waals surface area contributed by atoms with Gasteiger partial charge in [0, 0.05) is 16.5 Å². The molecule has 72 valence electrons. The van der Waals surface area contributed by atoms with Crippen LogP contribution in [0.2, 0.25) is 0 Å². The first kappa shape index (κ1) is 9.09. The summed E-state index contributed by atoms with van der Waals surface area (Å²) in [6.45, 7) is 2.00. The summed E-state index contributed by atoms with van der Waals surface area (Å²) in [7, 11) is 0. The summed E-state index contributed by atoms with van der Waals surface area (Å²) in [5.41, 5.74) is 1.91. The van der Waals surface area contributed by atoms with Crippen LogP contribution in [-0.4, -0.2) is 10.2 Å². The van der Waals surface area contributed by atoms with Gasteiger partial charge >= 0.3 is 0 Å². The van der Waals surface area contributed by atoms with Crippen LogP contribution in [0, 0.1) is 6.92 Å². The van der Waals surface area contributed by atoms with Crippen LogP contribution in [0.5, 0.6) is 11.5 Å². The molecule has 0 radical (unpaired) electrons. The van der Waals surface area contributed by atoms with Crippen molar-refractivity contribution in [2.24, 2.45) is 0 Å². The summed E-state index contributed by atoms with van der Waals surface area (Å²) in [6.07, 6.45) is 0. The van der Waals surface area contributed by atoms with Crippen molar-refractivity contribution in [2.75, 3.05) is 0 Å². The molecule has 2 aromatic rings. The maximum absolute atomic E-state index is 9.63. The summed E-state index contributed by atoms with van der Waals surface area (Å²) in [5.74, 6) is 0.205. The number of phenols is 2. The molecule has 0 saturated carbocycles. The molecule has 0 spiro atoms. The lowest BCUT2D eigenvalue weighted by molar-refractivity contribution is 0.452. The van der Waals surface area contributed by atoms with Gasteiger partial charge in [0.2, 0.25) is 0 Å². The van der Waals surface area contributed by atoms with E-state index in [0.29, 0.717) is 0 Å². The Kier molecular flexibility index (Phi) is 2.17. The average molecular weight is 206 g/mol. The molecule has 0 aliphatic carbocycles. The molecule has 0 saturated heterocycles. The second-order valence-electron chi connectivity index (χ2n) is 3.13. The molecule has 3 heteroatoms. The fourth-order valence-corrected chi connectivity index (χ4v) is 2.32. The molecule has 2 nitrogen and oxygen atoms in total. The zero-order chi connectivity index (χ0) is 10.1. The van der Waals surface area contributed by atoms with Crippen molar-refractivity contribution >= 4 is 11.3 Å². The Labute approximate surface area is 86.1 Å². The minimum Gasteiger partial charge on any atom is -0.508 e. The van der Waals surface area contributed by atoms with Crippen LogP contribution in [0.15, 0.2) is 29.6 Å². The van der Waals surface area contributed by atoms with Crippen LogP contribution in [-0.2, 0) is 0 Å². The highest BCUT2D eigenvalue weighted by Crippen LogP contribution is 2.36. The van der Waals surface area contributed by atoms with Crippen LogP contribution in [0.4, 0.5) is 0 Å². The summed E-state index contributed by atoms with van der Waals surface area (Å²) >= 11 is 1.58. The Morgan fingerprint density at radius 2 is 1.93 bits per heavy atom. The molecule has 0 unspecified atom stereocenters. The smallest absolute Gasteiger partial charge is 0.127 e. The van der Waals surface area contributed by atoms with Gasteiger partial charge in [0.05, 0.1) is 0 Å². The molecule has 0 aliphatic heterocycles. The highest BCUT2D eigenvalue weighted by molar-refractivity contribution is 7.13. The lowest BCUT2D eigenvalue weighted by atomic mass is 10.1. The Morgan fingerprint density at radius 3 is 2.50 bits per heavy atom. The maximum Gasteiger partial charge on any atom is 0.127 e. The van der Waals surface area contributed by atoms with Crippen LogP contribution in [0.1, 0.15) is 5.56 Å². The molecule has 0 amide bonds. The SMILES string of the molecule is Cc1ccsc1-c1ccc(O)cc1O. The molecule has 1 aromatic carbocycles. The zero-order valence-electron chi connectivity index (χ0n) is 7.69. The Bertz CT molecular complexity index is 460. The minimum atomic E-state index is 0.0838. The lowest BCUT2D eigenvalue weighted by Crippen LogP contribution is -1.77. The molecule has 1 heterocycles. The summed E-state index contributed by atoms with van der Waals surface area (Å²) in [5, 5.41) is 20.8. The van der Waals surface area contributed by atoms with Gasteiger partial charge in [-0.15, -0.1) is 11.3 Å². The van der Waals surface area contributed by atoms with Crippen molar-refractivity contribution in [1.29, 1.82) is 0 Å². The van der Waals surface area contributed by atoms with E-state index < -0.39 is 0 Å².